The lowest BCUT2D eigenvalue weighted by atomic mass is 9.99. The molecule has 25 heavy (non-hydrogen) atoms. The zero-order valence-electron chi connectivity index (χ0n) is 14.3. The first-order chi connectivity index (χ1) is 11.8. The van der Waals surface area contributed by atoms with Crippen LogP contribution in [-0.2, 0) is 32.5 Å². The van der Waals surface area contributed by atoms with Crippen molar-refractivity contribution >= 4 is 16.0 Å². The Hall–Kier alpha value is -2.26. The molecule has 0 fully saturated rings. The minimum Gasteiger partial charge on any atom is -0.469 e. The van der Waals surface area contributed by atoms with E-state index in [4.69, 9.17) is 4.74 Å². The fraction of sp³-hybridized carbons (Fsp3) is 0.438. The van der Waals surface area contributed by atoms with Gasteiger partial charge in [0.1, 0.15) is 5.82 Å². The van der Waals surface area contributed by atoms with Crippen LogP contribution in [0, 0.1) is 5.92 Å². The fourth-order valence-corrected chi connectivity index (χ4v) is 3.85. The van der Waals surface area contributed by atoms with E-state index in [0.717, 1.165) is 5.82 Å². The van der Waals surface area contributed by atoms with Crippen LogP contribution in [0.2, 0.25) is 0 Å². The number of methoxy groups -OCH3 is 1. The van der Waals surface area contributed by atoms with Gasteiger partial charge in [0.15, 0.2) is 5.82 Å². The lowest BCUT2D eigenvalue weighted by molar-refractivity contribution is -0.146. The molecule has 1 aromatic heterocycles. The Kier molecular flexibility index (Phi) is 4.61. The number of carbonyl (C=O) groups excluding carboxylic acids is 1. The molecule has 1 atom stereocenters. The van der Waals surface area contributed by atoms with E-state index in [0.29, 0.717) is 30.8 Å². The Balaban J connectivity index is 2.00. The normalized spacial score (nSPS) is 17.4. The summed E-state index contributed by atoms with van der Waals surface area (Å²) in [5, 5.41) is 8.39. The second kappa shape index (κ2) is 6.57. The van der Waals surface area contributed by atoms with Crippen LogP contribution in [0.15, 0.2) is 29.2 Å². The Morgan fingerprint density at radius 3 is 2.76 bits per heavy atom. The zero-order valence-corrected chi connectivity index (χ0v) is 15.2. The highest BCUT2D eigenvalue weighted by molar-refractivity contribution is 7.89. The highest BCUT2D eigenvalue weighted by atomic mass is 32.2. The van der Waals surface area contributed by atoms with Crippen molar-refractivity contribution in [1.29, 1.82) is 0 Å². The quantitative estimate of drug-likeness (QED) is 0.749. The topological polar surface area (TPSA) is 94.4 Å². The number of nitrogens with zero attached hydrogens (tertiary/aromatic N) is 4. The number of hydrogen-bond donors (Lipinski definition) is 0. The molecule has 2 heterocycles. The molecular weight excluding hydrogens is 344 g/mol. The van der Waals surface area contributed by atoms with Crippen LogP contribution in [0.5, 0.6) is 0 Å². The summed E-state index contributed by atoms with van der Waals surface area (Å²) in [7, 11) is 0.813. The van der Waals surface area contributed by atoms with E-state index in [9.17, 15) is 13.2 Å². The molecule has 0 N–H and O–H groups in total. The summed E-state index contributed by atoms with van der Waals surface area (Å²) in [6.45, 7) is 0.426. The van der Waals surface area contributed by atoms with Crippen LogP contribution < -0.4 is 0 Å². The number of hydrogen-bond acceptors (Lipinski definition) is 6. The summed E-state index contributed by atoms with van der Waals surface area (Å²) < 4.78 is 32.6. The molecule has 8 nitrogen and oxygen atoms in total. The van der Waals surface area contributed by atoms with Gasteiger partial charge in [-0.05, 0) is 18.6 Å². The largest absolute Gasteiger partial charge is 0.469 e. The number of benzene rings is 1. The molecule has 1 aromatic carbocycles. The van der Waals surface area contributed by atoms with Crippen LogP contribution in [0.25, 0.3) is 11.4 Å². The van der Waals surface area contributed by atoms with Gasteiger partial charge in [0.2, 0.25) is 10.0 Å². The Morgan fingerprint density at radius 2 is 2.08 bits per heavy atom. The molecule has 134 valence electrons. The van der Waals surface area contributed by atoms with Gasteiger partial charge < -0.3 is 9.30 Å². The van der Waals surface area contributed by atoms with Gasteiger partial charge >= 0.3 is 5.97 Å². The minimum absolute atomic E-state index is 0.188. The lowest BCUT2D eigenvalue weighted by Gasteiger charge is -2.22. The third kappa shape index (κ3) is 3.16. The van der Waals surface area contributed by atoms with Crippen molar-refractivity contribution in [2.24, 2.45) is 5.92 Å². The van der Waals surface area contributed by atoms with E-state index in [1.807, 2.05) is 4.57 Å². The molecule has 3 rings (SSSR count). The third-order valence-electron chi connectivity index (χ3n) is 4.35. The molecule has 0 saturated carbocycles. The summed E-state index contributed by atoms with van der Waals surface area (Å²) >= 11 is 0. The maximum Gasteiger partial charge on any atom is 0.310 e. The van der Waals surface area contributed by atoms with Crippen LogP contribution in [0.3, 0.4) is 0 Å². The average molecular weight is 364 g/mol. The van der Waals surface area contributed by atoms with E-state index < -0.39 is 10.0 Å². The van der Waals surface area contributed by atoms with E-state index in [-0.39, 0.29) is 16.8 Å². The van der Waals surface area contributed by atoms with Crippen molar-refractivity contribution < 1.29 is 17.9 Å². The van der Waals surface area contributed by atoms with Crippen molar-refractivity contribution in [2.45, 2.75) is 24.3 Å². The van der Waals surface area contributed by atoms with Gasteiger partial charge in [-0.2, -0.15) is 0 Å². The van der Waals surface area contributed by atoms with Crippen molar-refractivity contribution in [1.82, 2.24) is 19.1 Å². The lowest BCUT2D eigenvalue weighted by Crippen LogP contribution is -2.28. The Bertz CT molecular complexity index is 905. The molecule has 0 aliphatic carbocycles. The van der Waals surface area contributed by atoms with E-state index in [1.54, 1.807) is 24.3 Å². The molecule has 0 radical (unpaired) electrons. The third-order valence-corrected chi connectivity index (χ3v) is 6.16. The maximum absolute atomic E-state index is 12.3. The molecule has 2 aromatic rings. The molecule has 1 aliphatic heterocycles. The van der Waals surface area contributed by atoms with E-state index >= 15 is 0 Å². The van der Waals surface area contributed by atoms with Crippen LogP contribution in [0.1, 0.15) is 12.2 Å². The number of carbonyl (C=O) groups is 1. The Labute approximate surface area is 146 Å². The molecule has 0 spiro atoms. The SMILES string of the molecule is COC(=O)C1CCc2nnc(-c3cccc(S(=O)(=O)N(C)C)c3)n2C1. The van der Waals surface area contributed by atoms with Gasteiger partial charge in [-0.15, -0.1) is 10.2 Å². The second-order valence-corrected chi connectivity index (χ2v) is 8.28. The van der Waals surface area contributed by atoms with Crippen LogP contribution in [-0.4, -0.2) is 54.7 Å². The summed E-state index contributed by atoms with van der Waals surface area (Å²) in [4.78, 5) is 12.0. The molecular formula is C16H20N4O4S. The number of fused-ring (bicyclic) bond motifs is 1. The van der Waals surface area contributed by atoms with Crippen molar-refractivity contribution in [3.63, 3.8) is 0 Å². The molecule has 0 bridgehead atoms. The predicted octanol–water partition coefficient (Wildman–Crippen LogP) is 0.931. The smallest absolute Gasteiger partial charge is 0.310 e. The van der Waals surface area contributed by atoms with Gasteiger partial charge in [0.25, 0.3) is 0 Å². The standard InChI is InChI=1S/C16H20N4O4S/c1-19(2)25(22,23)13-6-4-5-11(9-13)15-18-17-14-8-7-12(10-20(14)15)16(21)24-3/h4-6,9,12H,7-8,10H2,1-3H3. The first-order valence-corrected chi connectivity index (χ1v) is 9.31. The van der Waals surface area contributed by atoms with Crippen molar-refractivity contribution in [2.75, 3.05) is 21.2 Å². The first kappa shape index (κ1) is 17.6. The van der Waals surface area contributed by atoms with Crippen LogP contribution >= 0.6 is 0 Å². The highest BCUT2D eigenvalue weighted by Gasteiger charge is 2.29. The number of rotatable bonds is 4. The number of aromatic nitrogens is 3. The molecule has 0 amide bonds. The second-order valence-electron chi connectivity index (χ2n) is 6.12. The fourth-order valence-electron chi connectivity index (χ4n) is 2.91. The number of ether oxygens (including phenoxy) is 1. The van der Waals surface area contributed by atoms with Gasteiger partial charge in [0, 0.05) is 32.6 Å². The summed E-state index contributed by atoms with van der Waals surface area (Å²) in [5.41, 5.74) is 0.646. The van der Waals surface area contributed by atoms with E-state index in [2.05, 4.69) is 10.2 Å². The average Bonchev–Trinajstić information content (AvgIpc) is 3.04. The van der Waals surface area contributed by atoms with Gasteiger partial charge in [-0.1, -0.05) is 12.1 Å². The number of aryl methyl sites for hydroxylation is 1. The summed E-state index contributed by atoms with van der Waals surface area (Å²) in [6.07, 6.45) is 1.29. The van der Waals surface area contributed by atoms with Gasteiger partial charge in [0.05, 0.1) is 17.9 Å². The van der Waals surface area contributed by atoms with Crippen molar-refractivity contribution in [3.8, 4) is 11.4 Å². The van der Waals surface area contributed by atoms with Gasteiger partial charge in [-0.3, -0.25) is 4.79 Å². The molecule has 1 aliphatic rings. The zero-order chi connectivity index (χ0) is 18.2. The van der Waals surface area contributed by atoms with E-state index in [1.165, 1.54) is 25.5 Å². The predicted molar refractivity (Wildman–Crippen MR) is 90.2 cm³/mol. The summed E-state index contributed by atoms with van der Waals surface area (Å²) in [6, 6.07) is 6.58. The molecule has 9 heteroatoms. The number of esters is 1. The Morgan fingerprint density at radius 1 is 1.32 bits per heavy atom. The van der Waals surface area contributed by atoms with Crippen LogP contribution in [0.4, 0.5) is 0 Å². The maximum atomic E-state index is 12.3. The number of sulfonamides is 1. The van der Waals surface area contributed by atoms with Crippen molar-refractivity contribution in [3.05, 3.63) is 30.1 Å². The highest BCUT2D eigenvalue weighted by Crippen LogP contribution is 2.28. The first-order valence-electron chi connectivity index (χ1n) is 7.87. The molecule has 0 saturated heterocycles. The summed E-state index contributed by atoms with van der Waals surface area (Å²) in [5.74, 6) is 0.839. The monoisotopic (exact) mass is 364 g/mol. The molecule has 1 unspecified atom stereocenters. The minimum atomic E-state index is -3.54. The van der Waals surface area contributed by atoms with Gasteiger partial charge in [-0.25, -0.2) is 12.7 Å².